The zero-order valence-electron chi connectivity index (χ0n) is 16.1. The first-order valence-corrected chi connectivity index (χ1v) is 11.4. The van der Waals surface area contributed by atoms with Gasteiger partial charge in [-0.1, -0.05) is 24.3 Å². The topological polar surface area (TPSA) is 47.9 Å². The Bertz CT molecular complexity index is 1180. The second kappa shape index (κ2) is 9.30. The van der Waals surface area contributed by atoms with Crippen molar-refractivity contribution in [1.29, 1.82) is 0 Å². The maximum Gasteiger partial charge on any atom is 0.363 e. The SMILES string of the molecule is Cc1cc(C2=N/C(=C\c3cccc(OCc4cccc(I)c4)c3)C(=O)O2)ccc1I. The number of carbonyl (C=O) groups excluding carboxylic acids is 1. The Balaban J connectivity index is 1.52. The van der Waals surface area contributed by atoms with E-state index in [-0.39, 0.29) is 5.70 Å². The summed E-state index contributed by atoms with van der Waals surface area (Å²) < 4.78 is 13.6. The monoisotopic (exact) mass is 621 g/mol. The van der Waals surface area contributed by atoms with Crippen molar-refractivity contribution in [3.63, 3.8) is 0 Å². The van der Waals surface area contributed by atoms with Gasteiger partial charge in [-0.2, -0.15) is 0 Å². The predicted octanol–water partition coefficient (Wildman–Crippen LogP) is 6.13. The molecule has 30 heavy (non-hydrogen) atoms. The predicted molar refractivity (Wildman–Crippen MR) is 134 cm³/mol. The number of carbonyl (C=O) groups is 1. The van der Waals surface area contributed by atoms with Crippen LogP contribution in [0.4, 0.5) is 0 Å². The number of nitrogens with zero attached hydrogens (tertiary/aromatic N) is 1. The van der Waals surface area contributed by atoms with E-state index in [0.717, 1.165) is 31.6 Å². The van der Waals surface area contributed by atoms with Crippen LogP contribution in [0, 0.1) is 14.1 Å². The molecule has 1 aliphatic rings. The molecule has 0 N–H and O–H groups in total. The van der Waals surface area contributed by atoms with Gasteiger partial charge in [0.1, 0.15) is 12.4 Å². The minimum absolute atomic E-state index is 0.274. The van der Waals surface area contributed by atoms with E-state index in [2.05, 4.69) is 56.2 Å². The molecule has 3 aromatic carbocycles. The van der Waals surface area contributed by atoms with E-state index in [1.807, 2.05) is 67.6 Å². The van der Waals surface area contributed by atoms with Gasteiger partial charge in [0.25, 0.3) is 0 Å². The van der Waals surface area contributed by atoms with Crippen molar-refractivity contribution in [3.8, 4) is 5.75 Å². The third-order valence-electron chi connectivity index (χ3n) is 4.48. The van der Waals surface area contributed by atoms with Crippen molar-refractivity contribution < 1.29 is 14.3 Å². The average Bonchev–Trinajstić information content (AvgIpc) is 3.09. The van der Waals surface area contributed by atoms with E-state index >= 15 is 0 Å². The molecule has 4 rings (SSSR count). The fourth-order valence-electron chi connectivity index (χ4n) is 2.96. The summed E-state index contributed by atoms with van der Waals surface area (Å²) in [5.41, 5.74) is 4.11. The highest BCUT2D eigenvalue weighted by Gasteiger charge is 2.24. The first kappa shape index (κ1) is 21.0. The molecule has 0 amide bonds. The number of rotatable bonds is 5. The molecule has 0 radical (unpaired) electrons. The van der Waals surface area contributed by atoms with E-state index in [1.165, 1.54) is 3.57 Å². The largest absolute Gasteiger partial charge is 0.489 e. The molecule has 0 aromatic heterocycles. The number of hydrogen-bond donors (Lipinski definition) is 0. The van der Waals surface area contributed by atoms with Crippen molar-refractivity contribution in [1.82, 2.24) is 0 Å². The molecule has 1 aliphatic heterocycles. The summed E-state index contributed by atoms with van der Waals surface area (Å²) in [6, 6.07) is 21.6. The Morgan fingerprint density at radius 1 is 1.03 bits per heavy atom. The number of benzene rings is 3. The highest BCUT2D eigenvalue weighted by molar-refractivity contribution is 14.1. The lowest BCUT2D eigenvalue weighted by Gasteiger charge is -2.07. The number of esters is 1. The highest BCUT2D eigenvalue weighted by atomic mass is 127. The van der Waals surface area contributed by atoms with Crippen LogP contribution < -0.4 is 4.74 Å². The Morgan fingerprint density at radius 2 is 1.87 bits per heavy atom. The van der Waals surface area contributed by atoms with Crippen LogP contribution in [0.3, 0.4) is 0 Å². The summed E-state index contributed by atoms with van der Waals surface area (Å²) in [6.45, 7) is 2.49. The Kier molecular flexibility index (Phi) is 6.52. The van der Waals surface area contributed by atoms with Crippen LogP contribution in [0.5, 0.6) is 5.75 Å². The summed E-state index contributed by atoms with van der Waals surface area (Å²) in [6.07, 6.45) is 1.72. The number of hydrogen-bond acceptors (Lipinski definition) is 4. The van der Waals surface area contributed by atoms with Crippen molar-refractivity contribution in [3.05, 3.63) is 102 Å². The van der Waals surface area contributed by atoms with Crippen LogP contribution in [0.25, 0.3) is 6.08 Å². The van der Waals surface area contributed by atoms with Crippen molar-refractivity contribution in [2.24, 2.45) is 4.99 Å². The van der Waals surface area contributed by atoms with Crippen molar-refractivity contribution in [2.45, 2.75) is 13.5 Å². The van der Waals surface area contributed by atoms with E-state index in [1.54, 1.807) is 6.08 Å². The van der Waals surface area contributed by atoms with Crippen LogP contribution in [-0.2, 0) is 16.1 Å². The Morgan fingerprint density at radius 3 is 2.67 bits per heavy atom. The van der Waals surface area contributed by atoms with Gasteiger partial charge in [0, 0.05) is 12.7 Å². The fraction of sp³-hybridized carbons (Fsp3) is 0.0833. The Hall–Kier alpha value is -2.20. The van der Waals surface area contributed by atoms with E-state index in [4.69, 9.17) is 9.47 Å². The number of halogens is 2. The number of cyclic esters (lactones) is 1. The number of aryl methyl sites for hydroxylation is 1. The molecular weight excluding hydrogens is 604 g/mol. The molecule has 4 nitrogen and oxygen atoms in total. The quantitative estimate of drug-likeness (QED) is 0.196. The van der Waals surface area contributed by atoms with Gasteiger partial charge in [0.05, 0.1) is 0 Å². The normalized spacial score (nSPS) is 14.6. The molecule has 0 fully saturated rings. The van der Waals surface area contributed by atoms with Crippen LogP contribution in [0.15, 0.2) is 77.4 Å². The molecule has 0 bridgehead atoms. The average molecular weight is 621 g/mol. The molecule has 0 aliphatic carbocycles. The maximum atomic E-state index is 12.3. The lowest BCUT2D eigenvalue weighted by Crippen LogP contribution is -2.05. The Labute approximate surface area is 202 Å². The van der Waals surface area contributed by atoms with E-state index in [0.29, 0.717) is 12.5 Å². The molecule has 0 atom stereocenters. The van der Waals surface area contributed by atoms with Crippen molar-refractivity contribution in [2.75, 3.05) is 0 Å². The number of aliphatic imine (C=N–C) groups is 1. The third-order valence-corrected chi connectivity index (χ3v) is 6.36. The minimum atomic E-state index is -0.452. The summed E-state index contributed by atoms with van der Waals surface area (Å²) in [5, 5.41) is 0. The molecule has 3 aromatic rings. The molecule has 1 heterocycles. The molecule has 150 valence electrons. The van der Waals surface area contributed by atoms with E-state index < -0.39 is 5.97 Å². The molecule has 0 saturated heterocycles. The molecular formula is C24H17I2NO3. The molecule has 6 heteroatoms. The molecule has 0 unspecified atom stereocenters. The third kappa shape index (κ3) is 5.10. The molecule has 0 saturated carbocycles. The summed E-state index contributed by atoms with van der Waals surface area (Å²) >= 11 is 4.55. The number of ether oxygens (including phenoxy) is 2. The van der Waals surface area contributed by atoms with Gasteiger partial charge in [-0.15, -0.1) is 0 Å². The maximum absolute atomic E-state index is 12.3. The lowest BCUT2D eigenvalue weighted by atomic mass is 10.1. The summed E-state index contributed by atoms with van der Waals surface area (Å²) in [7, 11) is 0. The standard InChI is InChI=1S/C24H17I2NO3/c1-15-10-18(8-9-21(15)26)23-27-22(24(28)30-23)13-16-4-3-7-20(12-16)29-14-17-5-2-6-19(25)11-17/h2-13H,14H2,1H3/b22-13-. The first-order chi connectivity index (χ1) is 14.5. The van der Waals surface area contributed by atoms with Crippen LogP contribution in [0.2, 0.25) is 0 Å². The summed E-state index contributed by atoms with van der Waals surface area (Å²) in [5.74, 6) is 0.607. The van der Waals surface area contributed by atoms with Gasteiger partial charge in [-0.05, 0) is 117 Å². The second-order valence-corrected chi connectivity index (χ2v) is 9.20. The first-order valence-electron chi connectivity index (χ1n) is 9.24. The smallest absolute Gasteiger partial charge is 0.363 e. The zero-order chi connectivity index (χ0) is 21.1. The minimum Gasteiger partial charge on any atom is -0.489 e. The van der Waals surface area contributed by atoms with Gasteiger partial charge in [-0.25, -0.2) is 9.79 Å². The lowest BCUT2D eigenvalue weighted by molar-refractivity contribution is -0.129. The van der Waals surface area contributed by atoms with E-state index in [9.17, 15) is 4.79 Å². The zero-order valence-corrected chi connectivity index (χ0v) is 20.4. The summed E-state index contributed by atoms with van der Waals surface area (Å²) in [4.78, 5) is 16.7. The fourth-order valence-corrected chi connectivity index (χ4v) is 3.90. The van der Waals surface area contributed by atoms with Crippen LogP contribution in [-0.4, -0.2) is 11.9 Å². The van der Waals surface area contributed by atoms with Gasteiger partial charge in [-0.3, -0.25) is 0 Å². The molecule has 0 spiro atoms. The van der Waals surface area contributed by atoms with Gasteiger partial charge < -0.3 is 9.47 Å². The van der Waals surface area contributed by atoms with Crippen LogP contribution >= 0.6 is 45.2 Å². The highest BCUT2D eigenvalue weighted by Crippen LogP contribution is 2.23. The van der Waals surface area contributed by atoms with Gasteiger partial charge in [0.15, 0.2) is 5.70 Å². The van der Waals surface area contributed by atoms with Crippen LogP contribution in [0.1, 0.15) is 22.3 Å². The van der Waals surface area contributed by atoms with Gasteiger partial charge >= 0.3 is 5.97 Å². The van der Waals surface area contributed by atoms with Gasteiger partial charge in [0.2, 0.25) is 5.90 Å². The van der Waals surface area contributed by atoms with Crippen molar-refractivity contribution >= 4 is 63.1 Å². The second-order valence-electron chi connectivity index (χ2n) is 6.79.